The van der Waals surface area contributed by atoms with E-state index in [0.29, 0.717) is 17.2 Å². The smallest absolute Gasteiger partial charge is 0.360 e. The van der Waals surface area contributed by atoms with Gasteiger partial charge < -0.3 is 4.74 Å². The molecule has 0 bridgehead atoms. The van der Waals surface area contributed by atoms with Crippen LogP contribution in [0.25, 0.3) is 5.65 Å². The average Bonchev–Trinajstić information content (AvgIpc) is 2.95. The maximum Gasteiger partial charge on any atom is 0.360 e. The van der Waals surface area contributed by atoms with E-state index in [9.17, 15) is 4.79 Å². The van der Waals surface area contributed by atoms with Crippen LogP contribution in [0.2, 0.25) is 0 Å². The Labute approximate surface area is 139 Å². The van der Waals surface area contributed by atoms with Crippen LogP contribution in [0.1, 0.15) is 28.5 Å². The first-order valence-corrected chi connectivity index (χ1v) is 7.73. The molecule has 0 radical (unpaired) electrons. The summed E-state index contributed by atoms with van der Waals surface area (Å²) >= 11 is 0. The number of imidazole rings is 1. The number of nitrogens with zero attached hydrogens (tertiary/aromatic N) is 4. The maximum atomic E-state index is 12.2. The Hall–Kier alpha value is -3.02. The van der Waals surface area contributed by atoms with E-state index in [1.807, 2.05) is 56.4 Å². The Bertz CT molecular complexity index is 911. The highest BCUT2D eigenvalue weighted by atomic mass is 16.5. The molecular formula is C18H18N4O2. The van der Waals surface area contributed by atoms with Gasteiger partial charge in [0.1, 0.15) is 5.65 Å². The van der Waals surface area contributed by atoms with Crippen LogP contribution < -0.4 is 0 Å². The van der Waals surface area contributed by atoms with Gasteiger partial charge in [0.25, 0.3) is 0 Å². The van der Waals surface area contributed by atoms with Crippen LogP contribution in [0.5, 0.6) is 0 Å². The second-order valence-electron chi connectivity index (χ2n) is 5.42. The molecule has 0 spiro atoms. The number of carbonyl (C=O) groups excluding carboxylic acids is 1. The number of benzene rings is 1. The van der Waals surface area contributed by atoms with Crippen LogP contribution >= 0.6 is 0 Å². The van der Waals surface area contributed by atoms with Gasteiger partial charge in [-0.2, -0.15) is 0 Å². The van der Waals surface area contributed by atoms with E-state index < -0.39 is 5.97 Å². The van der Waals surface area contributed by atoms with Crippen LogP contribution in [0, 0.1) is 13.8 Å². The Morgan fingerprint density at radius 2 is 1.92 bits per heavy atom. The zero-order chi connectivity index (χ0) is 17.1. The summed E-state index contributed by atoms with van der Waals surface area (Å²) in [7, 11) is 0. The summed E-state index contributed by atoms with van der Waals surface area (Å²) in [5, 5.41) is 8.49. The normalized spacial score (nSPS) is 11.3. The molecule has 0 fully saturated rings. The van der Waals surface area contributed by atoms with E-state index >= 15 is 0 Å². The van der Waals surface area contributed by atoms with Crippen molar-refractivity contribution in [1.82, 2.24) is 9.38 Å². The molecule has 2 aromatic heterocycles. The van der Waals surface area contributed by atoms with Crippen LogP contribution in [0.15, 0.2) is 52.8 Å². The fraction of sp³-hybridized carbons (Fsp3) is 0.222. The first-order valence-electron chi connectivity index (χ1n) is 7.73. The molecule has 3 aromatic rings. The summed E-state index contributed by atoms with van der Waals surface area (Å²) in [5.41, 5.74) is 3.63. The Kier molecular flexibility index (Phi) is 4.37. The van der Waals surface area contributed by atoms with Crippen molar-refractivity contribution < 1.29 is 9.53 Å². The lowest BCUT2D eigenvalue weighted by Gasteiger charge is -2.00. The monoisotopic (exact) mass is 322 g/mol. The van der Waals surface area contributed by atoms with E-state index in [1.54, 1.807) is 11.3 Å². The number of ether oxygens (including phenoxy) is 1. The predicted molar refractivity (Wildman–Crippen MR) is 91.2 cm³/mol. The summed E-state index contributed by atoms with van der Waals surface area (Å²) in [6.45, 7) is 5.97. The number of esters is 1. The van der Waals surface area contributed by atoms with Crippen molar-refractivity contribution in [3.63, 3.8) is 0 Å². The highest BCUT2D eigenvalue weighted by molar-refractivity contribution is 5.93. The average molecular weight is 322 g/mol. The van der Waals surface area contributed by atoms with Gasteiger partial charge in [-0.15, -0.1) is 10.2 Å². The van der Waals surface area contributed by atoms with E-state index in [-0.39, 0.29) is 12.3 Å². The summed E-state index contributed by atoms with van der Waals surface area (Å²) in [6, 6.07) is 11.5. The van der Waals surface area contributed by atoms with Crippen molar-refractivity contribution in [3.8, 4) is 0 Å². The van der Waals surface area contributed by atoms with Crippen LogP contribution in [-0.2, 0) is 4.74 Å². The zero-order valence-corrected chi connectivity index (χ0v) is 13.9. The number of aryl methyl sites for hydroxylation is 2. The molecule has 0 aliphatic carbocycles. The highest BCUT2D eigenvalue weighted by Crippen LogP contribution is 2.26. The van der Waals surface area contributed by atoms with Crippen LogP contribution in [-0.4, -0.2) is 22.0 Å². The van der Waals surface area contributed by atoms with Crippen molar-refractivity contribution in [2.75, 3.05) is 6.61 Å². The number of fused-ring (bicyclic) bond motifs is 1. The number of azo groups is 1. The fourth-order valence-electron chi connectivity index (χ4n) is 2.34. The minimum Gasteiger partial charge on any atom is -0.461 e. The molecule has 122 valence electrons. The third-order valence-electron chi connectivity index (χ3n) is 3.58. The molecule has 0 atom stereocenters. The number of hydrogen-bond acceptors (Lipinski definition) is 5. The van der Waals surface area contributed by atoms with Gasteiger partial charge in [-0.05, 0) is 44.5 Å². The number of carbonyl (C=O) groups is 1. The van der Waals surface area contributed by atoms with Crippen LogP contribution in [0.3, 0.4) is 0 Å². The van der Waals surface area contributed by atoms with Gasteiger partial charge in [0, 0.05) is 6.20 Å². The molecule has 0 N–H and O–H groups in total. The molecule has 3 rings (SSSR count). The number of rotatable bonds is 4. The maximum absolute atomic E-state index is 12.2. The van der Waals surface area contributed by atoms with Gasteiger partial charge in [0.2, 0.25) is 0 Å². The van der Waals surface area contributed by atoms with E-state index in [0.717, 1.165) is 11.1 Å². The minimum absolute atomic E-state index is 0.169. The molecule has 1 aromatic carbocycles. The van der Waals surface area contributed by atoms with Crippen molar-refractivity contribution >= 4 is 23.1 Å². The van der Waals surface area contributed by atoms with Gasteiger partial charge in [-0.1, -0.05) is 23.8 Å². The topological polar surface area (TPSA) is 68.3 Å². The SMILES string of the molecule is CCOC(=O)c1nc2c(C)cccn2c1N=Nc1ccc(C)cc1. The first kappa shape index (κ1) is 15.9. The molecular weight excluding hydrogens is 304 g/mol. The molecule has 0 unspecified atom stereocenters. The lowest BCUT2D eigenvalue weighted by Crippen LogP contribution is -2.05. The molecule has 0 saturated heterocycles. The number of aromatic nitrogens is 2. The third-order valence-corrected chi connectivity index (χ3v) is 3.58. The lowest BCUT2D eigenvalue weighted by atomic mass is 10.2. The molecule has 6 nitrogen and oxygen atoms in total. The lowest BCUT2D eigenvalue weighted by molar-refractivity contribution is 0.0521. The number of pyridine rings is 1. The van der Waals surface area contributed by atoms with Gasteiger partial charge >= 0.3 is 5.97 Å². The summed E-state index contributed by atoms with van der Waals surface area (Å²) in [5.74, 6) is -0.133. The van der Waals surface area contributed by atoms with Crippen LogP contribution in [0.4, 0.5) is 11.5 Å². The minimum atomic E-state index is -0.501. The standard InChI is InChI=1S/C18H18N4O2/c1-4-24-18(23)15-17(21-20-14-9-7-12(2)8-10-14)22-11-5-6-13(3)16(22)19-15/h5-11H,4H2,1-3H3. The Morgan fingerprint density at radius 1 is 1.17 bits per heavy atom. The second-order valence-corrected chi connectivity index (χ2v) is 5.42. The first-order chi connectivity index (χ1) is 11.6. The Morgan fingerprint density at radius 3 is 2.62 bits per heavy atom. The van der Waals surface area contributed by atoms with Gasteiger partial charge in [-0.25, -0.2) is 9.78 Å². The van der Waals surface area contributed by atoms with Gasteiger partial charge in [-0.3, -0.25) is 4.40 Å². The van der Waals surface area contributed by atoms with Crippen molar-refractivity contribution in [1.29, 1.82) is 0 Å². The van der Waals surface area contributed by atoms with Crippen molar-refractivity contribution in [3.05, 3.63) is 59.4 Å². The zero-order valence-electron chi connectivity index (χ0n) is 13.9. The number of hydrogen-bond donors (Lipinski definition) is 0. The van der Waals surface area contributed by atoms with E-state index in [2.05, 4.69) is 15.2 Å². The molecule has 0 aliphatic rings. The molecule has 0 saturated carbocycles. The largest absolute Gasteiger partial charge is 0.461 e. The Balaban J connectivity index is 2.10. The summed E-state index contributed by atoms with van der Waals surface area (Å²) < 4.78 is 6.84. The van der Waals surface area contributed by atoms with Crippen molar-refractivity contribution in [2.24, 2.45) is 10.2 Å². The highest BCUT2D eigenvalue weighted by Gasteiger charge is 2.21. The molecule has 24 heavy (non-hydrogen) atoms. The molecule has 0 amide bonds. The molecule has 2 heterocycles. The fourth-order valence-corrected chi connectivity index (χ4v) is 2.34. The van der Waals surface area contributed by atoms with E-state index in [4.69, 9.17) is 4.74 Å². The second kappa shape index (κ2) is 6.62. The quantitative estimate of drug-likeness (QED) is 0.523. The summed E-state index contributed by atoms with van der Waals surface area (Å²) in [4.78, 5) is 16.6. The predicted octanol–water partition coefficient (Wildman–Crippen LogP) is 4.54. The molecule has 0 aliphatic heterocycles. The molecule has 6 heteroatoms. The van der Waals surface area contributed by atoms with Crippen molar-refractivity contribution in [2.45, 2.75) is 20.8 Å². The van der Waals surface area contributed by atoms with Gasteiger partial charge in [0.15, 0.2) is 11.5 Å². The third kappa shape index (κ3) is 3.03. The van der Waals surface area contributed by atoms with E-state index in [1.165, 1.54) is 0 Å². The summed E-state index contributed by atoms with van der Waals surface area (Å²) in [6.07, 6.45) is 1.81. The van der Waals surface area contributed by atoms with Gasteiger partial charge in [0.05, 0.1) is 12.3 Å².